The molecule has 1 aliphatic heterocycles. The fourth-order valence-corrected chi connectivity index (χ4v) is 7.92. The minimum absolute atomic E-state index is 0.0300. The summed E-state index contributed by atoms with van der Waals surface area (Å²) in [4.78, 5) is 81.6. The lowest BCUT2D eigenvalue weighted by Crippen LogP contribution is -2.61. The van der Waals surface area contributed by atoms with Crippen LogP contribution in [0, 0.1) is 39.9 Å². The molecule has 0 aromatic carbocycles. The molecule has 2 unspecified atom stereocenters. The highest BCUT2D eigenvalue weighted by Crippen LogP contribution is 2.65. The number of Topliss-reactive ketones (excluding diaryl/α,β-unsaturated/α-hetero) is 2. The van der Waals surface area contributed by atoms with Crippen LogP contribution >= 0.6 is 0 Å². The molecule has 1 heterocycles. The third-order valence-electron chi connectivity index (χ3n) is 11.2. The molecule has 264 valence electrons. The summed E-state index contributed by atoms with van der Waals surface area (Å²) in [6, 6.07) is -4.03. The molecule has 0 aromatic rings. The first-order valence-corrected chi connectivity index (χ1v) is 17.8. The molecular weight excluding hydrogens is 598 g/mol. The van der Waals surface area contributed by atoms with Gasteiger partial charge >= 0.3 is 6.03 Å². The zero-order chi connectivity index (χ0) is 35.1. The molecule has 3 saturated carbocycles. The van der Waals surface area contributed by atoms with Crippen molar-refractivity contribution in [3.05, 3.63) is 0 Å². The summed E-state index contributed by atoms with van der Waals surface area (Å²) < 4.78 is 0. The number of urea groups is 1. The maximum atomic E-state index is 14.5. The Morgan fingerprint density at radius 3 is 2.02 bits per heavy atom. The highest BCUT2D eigenvalue weighted by molar-refractivity contribution is 6.37. The van der Waals surface area contributed by atoms with Crippen molar-refractivity contribution >= 4 is 35.3 Å². The topological polar surface area (TPSA) is 168 Å². The van der Waals surface area contributed by atoms with Crippen LogP contribution in [-0.4, -0.2) is 70.9 Å². The smallest absolute Gasteiger partial charge is 0.316 e. The Kier molecular flexibility index (Phi) is 10.9. The normalized spacial score (nSPS) is 26.0. The number of fused-ring (bicyclic) bond motifs is 1. The summed E-state index contributed by atoms with van der Waals surface area (Å²) in [5.41, 5.74) is 4.59. The zero-order valence-corrected chi connectivity index (χ0v) is 29.9. The summed E-state index contributed by atoms with van der Waals surface area (Å²) in [5, 5.41) is 8.69. The summed E-state index contributed by atoms with van der Waals surface area (Å²) in [7, 11) is 0. The van der Waals surface area contributed by atoms with Crippen molar-refractivity contribution in [3.8, 4) is 0 Å². The van der Waals surface area contributed by atoms with Crippen molar-refractivity contribution in [2.24, 2.45) is 45.7 Å². The van der Waals surface area contributed by atoms with Crippen molar-refractivity contribution in [3.63, 3.8) is 0 Å². The molecule has 3 aliphatic carbocycles. The second kappa shape index (κ2) is 13.9. The average molecular weight is 658 g/mol. The number of primary amides is 1. The van der Waals surface area contributed by atoms with Gasteiger partial charge in [-0.3, -0.25) is 24.0 Å². The molecule has 4 rings (SSSR count). The van der Waals surface area contributed by atoms with Crippen molar-refractivity contribution in [1.29, 1.82) is 0 Å². The summed E-state index contributed by atoms with van der Waals surface area (Å²) >= 11 is 0. The molecule has 0 radical (unpaired) electrons. The number of likely N-dealkylation sites (tertiary alicyclic amines) is 1. The fraction of sp³-hybridized carbons (Fsp3) is 0.833. The molecule has 4 fully saturated rings. The van der Waals surface area contributed by atoms with Crippen LogP contribution in [0.3, 0.4) is 0 Å². The molecule has 6 atom stereocenters. The standard InChI is InChI=1S/C36H59N5O6/c1-34(2,3)17-16-24(42)29(35(4,5)6)40-33(47)39-26(21-12-10-9-11-13-21)32(46)41-19-22-25(36(22,7)8)27(41)31(45)38-23(18-20-14-15-20)28(43)30(37)44/h20-23,25-27,29H,9-19H2,1-8H3,(H2,37,44)(H,38,45)(H2,39,40,47)/t22-,23?,25?,26-,27-,29-/m0/s1. The van der Waals surface area contributed by atoms with Gasteiger partial charge in [0, 0.05) is 13.0 Å². The van der Waals surface area contributed by atoms with Gasteiger partial charge in [0.15, 0.2) is 5.78 Å². The van der Waals surface area contributed by atoms with E-state index in [2.05, 4.69) is 50.6 Å². The Morgan fingerprint density at radius 2 is 1.49 bits per heavy atom. The van der Waals surface area contributed by atoms with Gasteiger partial charge in [-0.05, 0) is 65.6 Å². The number of hydrogen-bond acceptors (Lipinski definition) is 6. The van der Waals surface area contributed by atoms with Crippen molar-refractivity contribution in [1.82, 2.24) is 20.9 Å². The molecule has 0 bridgehead atoms. The van der Waals surface area contributed by atoms with Crippen LogP contribution in [0.1, 0.15) is 120 Å². The third-order valence-corrected chi connectivity index (χ3v) is 11.2. The maximum Gasteiger partial charge on any atom is 0.316 e. The van der Waals surface area contributed by atoms with E-state index in [1.54, 1.807) is 4.90 Å². The fourth-order valence-electron chi connectivity index (χ4n) is 7.92. The number of piperidine rings is 1. The first-order chi connectivity index (χ1) is 21.7. The van der Waals surface area contributed by atoms with E-state index in [1.807, 2.05) is 20.8 Å². The van der Waals surface area contributed by atoms with Crippen molar-refractivity contribution in [2.75, 3.05) is 6.54 Å². The van der Waals surface area contributed by atoms with Crippen molar-refractivity contribution in [2.45, 2.75) is 144 Å². The number of carbonyl (C=O) groups is 6. The number of nitrogens with zero attached hydrogens (tertiary/aromatic N) is 1. The lowest BCUT2D eigenvalue weighted by molar-refractivity contribution is -0.144. The first-order valence-electron chi connectivity index (χ1n) is 17.8. The largest absolute Gasteiger partial charge is 0.363 e. The van der Waals surface area contributed by atoms with Crippen molar-refractivity contribution < 1.29 is 28.8 Å². The van der Waals surface area contributed by atoms with Gasteiger partial charge in [-0.1, -0.05) is 87.5 Å². The number of hydrogen-bond donors (Lipinski definition) is 4. The van der Waals surface area contributed by atoms with E-state index >= 15 is 0 Å². The Hall–Kier alpha value is -2.98. The van der Waals surface area contributed by atoms with Gasteiger partial charge in [-0.2, -0.15) is 0 Å². The summed E-state index contributed by atoms with van der Waals surface area (Å²) in [5.74, 6) is -2.60. The van der Waals surface area contributed by atoms with E-state index in [1.165, 1.54) is 0 Å². The molecule has 47 heavy (non-hydrogen) atoms. The van der Waals surface area contributed by atoms with E-state index in [-0.39, 0.29) is 46.2 Å². The molecule has 11 nitrogen and oxygen atoms in total. The Bertz CT molecular complexity index is 1240. The molecule has 5 N–H and O–H groups in total. The van der Waals surface area contributed by atoms with Crippen LogP contribution in [0.15, 0.2) is 0 Å². The molecule has 0 aromatic heterocycles. The van der Waals surface area contributed by atoms with Gasteiger partial charge < -0.3 is 26.6 Å². The van der Waals surface area contributed by atoms with E-state index < -0.39 is 53.2 Å². The number of ketones is 2. The van der Waals surface area contributed by atoms with E-state index in [9.17, 15) is 28.8 Å². The zero-order valence-electron chi connectivity index (χ0n) is 29.9. The molecule has 11 heteroatoms. The second-order valence-corrected chi connectivity index (χ2v) is 17.7. The first kappa shape index (κ1) is 36.8. The van der Waals surface area contributed by atoms with Crippen LogP contribution in [-0.2, 0) is 24.0 Å². The Balaban J connectivity index is 1.55. The highest BCUT2D eigenvalue weighted by Gasteiger charge is 2.69. The van der Waals surface area contributed by atoms with Crippen LogP contribution in [0.5, 0.6) is 0 Å². The SMILES string of the molecule is CC(C)(C)CCC(=O)[C@H](NC(=O)N[C@H](C(=O)N1C[C@H]2C([C@H]1C(=O)NC(CC1CC1)C(=O)C(N)=O)C2(C)C)C1CCCCC1)C(C)(C)C. The minimum atomic E-state index is -1.09. The number of amides is 5. The predicted octanol–water partition coefficient (Wildman–Crippen LogP) is 3.87. The van der Waals surface area contributed by atoms with Gasteiger partial charge in [0.1, 0.15) is 12.1 Å². The number of carbonyl (C=O) groups excluding carboxylic acids is 6. The number of nitrogens with two attached hydrogens (primary N) is 1. The van der Waals surface area contributed by atoms with Gasteiger partial charge in [0.2, 0.25) is 17.6 Å². The summed E-state index contributed by atoms with van der Waals surface area (Å²) in [6.07, 6.45) is 7.70. The average Bonchev–Trinajstić information content (AvgIpc) is 3.83. The highest BCUT2D eigenvalue weighted by atomic mass is 16.2. The quantitative estimate of drug-likeness (QED) is 0.219. The molecule has 4 aliphatic rings. The maximum absolute atomic E-state index is 14.5. The van der Waals surface area contributed by atoms with E-state index in [4.69, 9.17) is 5.73 Å². The van der Waals surface area contributed by atoms with Gasteiger partial charge in [0.25, 0.3) is 5.91 Å². The van der Waals surface area contributed by atoms with Gasteiger partial charge in [0.05, 0.1) is 12.1 Å². The predicted molar refractivity (Wildman–Crippen MR) is 179 cm³/mol. The van der Waals surface area contributed by atoms with E-state index in [0.29, 0.717) is 25.8 Å². The van der Waals surface area contributed by atoms with Gasteiger partial charge in [-0.15, -0.1) is 0 Å². The minimum Gasteiger partial charge on any atom is -0.363 e. The molecule has 5 amide bonds. The Labute approximate surface area is 280 Å². The third kappa shape index (κ3) is 8.93. The lowest BCUT2D eigenvalue weighted by atomic mass is 9.80. The van der Waals surface area contributed by atoms with Crippen LogP contribution in [0.25, 0.3) is 0 Å². The number of nitrogens with one attached hydrogen (secondary N) is 3. The van der Waals surface area contributed by atoms with Crippen LogP contribution in [0.4, 0.5) is 4.79 Å². The van der Waals surface area contributed by atoms with Crippen LogP contribution < -0.4 is 21.7 Å². The lowest BCUT2D eigenvalue weighted by Gasteiger charge is -2.38. The second-order valence-electron chi connectivity index (χ2n) is 17.7. The van der Waals surface area contributed by atoms with Gasteiger partial charge in [-0.25, -0.2) is 4.79 Å². The molecule has 0 spiro atoms. The van der Waals surface area contributed by atoms with Crippen LogP contribution in [0.2, 0.25) is 0 Å². The summed E-state index contributed by atoms with van der Waals surface area (Å²) in [6.45, 7) is 16.5. The monoisotopic (exact) mass is 657 g/mol. The Morgan fingerprint density at radius 1 is 0.872 bits per heavy atom. The number of rotatable bonds is 13. The molecular formula is C36H59N5O6. The molecule has 1 saturated heterocycles. The van der Waals surface area contributed by atoms with E-state index in [0.717, 1.165) is 44.9 Å².